The number of hydrogen-bond donors (Lipinski definition) is 1. The van der Waals surface area contributed by atoms with Gasteiger partial charge in [-0.25, -0.2) is 12.7 Å². The Morgan fingerprint density at radius 3 is 2.63 bits per heavy atom. The second-order valence-corrected chi connectivity index (χ2v) is 7.19. The summed E-state index contributed by atoms with van der Waals surface area (Å²) in [6.07, 6.45) is 1.69. The maximum atomic E-state index is 12.4. The lowest BCUT2D eigenvalue weighted by Gasteiger charge is -2.35. The predicted molar refractivity (Wildman–Crippen MR) is 77.0 cm³/mol. The van der Waals surface area contributed by atoms with Gasteiger partial charge in [-0.2, -0.15) is 0 Å². The molecule has 2 unspecified atom stereocenters. The lowest BCUT2D eigenvalue weighted by molar-refractivity contribution is 0.230. The van der Waals surface area contributed by atoms with Gasteiger partial charge in [-0.05, 0) is 17.9 Å². The molecule has 0 aromatic heterocycles. The SMILES string of the molecule is CCC1CN(S(=O)(=O)Cc2ccccc2)CCC1N. The quantitative estimate of drug-likeness (QED) is 0.912. The molecule has 1 fully saturated rings. The lowest BCUT2D eigenvalue weighted by atomic mass is 9.92. The molecule has 1 aromatic carbocycles. The molecule has 1 aromatic rings. The van der Waals surface area contributed by atoms with E-state index in [9.17, 15) is 8.42 Å². The molecule has 5 heteroatoms. The van der Waals surface area contributed by atoms with E-state index >= 15 is 0 Å². The fraction of sp³-hybridized carbons (Fsp3) is 0.571. The summed E-state index contributed by atoms with van der Waals surface area (Å²) in [5.74, 6) is 0.360. The van der Waals surface area contributed by atoms with Gasteiger partial charge >= 0.3 is 0 Å². The van der Waals surface area contributed by atoms with Gasteiger partial charge in [0, 0.05) is 19.1 Å². The average Bonchev–Trinajstić information content (AvgIpc) is 2.39. The van der Waals surface area contributed by atoms with Gasteiger partial charge in [-0.3, -0.25) is 0 Å². The van der Waals surface area contributed by atoms with Crippen LogP contribution in [0.5, 0.6) is 0 Å². The van der Waals surface area contributed by atoms with E-state index in [1.807, 2.05) is 30.3 Å². The third-order valence-corrected chi connectivity index (χ3v) is 5.68. The van der Waals surface area contributed by atoms with Gasteiger partial charge in [0.05, 0.1) is 5.75 Å². The minimum absolute atomic E-state index is 0.0828. The molecule has 2 rings (SSSR count). The first-order chi connectivity index (χ1) is 9.03. The maximum absolute atomic E-state index is 12.4. The van der Waals surface area contributed by atoms with Crippen molar-refractivity contribution in [1.29, 1.82) is 0 Å². The summed E-state index contributed by atoms with van der Waals surface area (Å²) in [4.78, 5) is 0. The molecule has 1 saturated heterocycles. The fourth-order valence-electron chi connectivity index (χ4n) is 2.58. The van der Waals surface area contributed by atoms with Gasteiger partial charge in [0.2, 0.25) is 10.0 Å². The summed E-state index contributed by atoms with van der Waals surface area (Å²) in [6.45, 7) is 3.18. The number of piperidine rings is 1. The zero-order valence-electron chi connectivity index (χ0n) is 11.3. The monoisotopic (exact) mass is 282 g/mol. The third kappa shape index (κ3) is 3.55. The summed E-state index contributed by atoms with van der Waals surface area (Å²) in [5.41, 5.74) is 6.86. The first kappa shape index (κ1) is 14.5. The van der Waals surface area contributed by atoms with Crippen LogP contribution in [0.2, 0.25) is 0 Å². The molecule has 4 nitrogen and oxygen atoms in total. The zero-order chi connectivity index (χ0) is 13.9. The Morgan fingerprint density at radius 1 is 1.32 bits per heavy atom. The first-order valence-corrected chi connectivity index (χ1v) is 8.41. The number of sulfonamides is 1. The van der Waals surface area contributed by atoms with E-state index in [1.165, 1.54) is 0 Å². The van der Waals surface area contributed by atoms with Crippen molar-refractivity contribution in [2.24, 2.45) is 11.7 Å². The molecule has 0 radical (unpaired) electrons. The van der Waals surface area contributed by atoms with Crippen LogP contribution in [-0.4, -0.2) is 31.9 Å². The minimum atomic E-state index is -3.23. The van der Waals surface area contributed by atoms with Crippen LogP contribution in [0.3, 0.4) is 0 Å². The van der Waals surface area contributed by atoms with Crippen LogP contribution >= 0.6 is 0 Å². The Bertz CT molecular complexity index is 501. The molecule has 19 heavy (non-hydrogen) atoms. The molecule has 0 amide bonds. The average molecular weight is 282 g/mol. The maximum Gasteiger partial charge on any atom is 0.218 e. The molecule has 2 atom stereocenters. The normalized spacial score (nSPS) is 25.4. The van der Waals surface area contributed by atoms with Crippen LogP contribution in [0.1, 0.15) is 25.3 Å². The Hall–Kier alpha value is -0.910. The molecular formula is C14H22N2O2S. The van der Waals surface area contributed by atoms with Gasteiger partial charge in [0.25, 0.3) is 0 Å². The number of benzene rings is 1. The van der Waals surface area contributed by atoms with Crippen LogP contribution in [-0.2, 0) is 15.8 Å². The van der Waals surface area contributed by atoms with E-state index in [2.05, 4.69) is 6.92 Å². The Balaban J connectivity index is 2.08. The van der Waals surface area contributed by atoms with Crippen LogP contribution in [0.4, 0.5) is 0 Å². The van der Waals surface area contributed by atoms with Gasteiger partial charge in [-0.15, -0.1) is 0 Å². The van der Waals surface area contributed by atoms with Crippen LogP contribution in [0.15, 0.2) is 30.3 Å². The molecule has 1 aliphatic heterocycles. The van der Waals surface area contributed by atoms with Crippen molar-refractivity contribution in [3.8, 4) is 0 Å². The molecule has 1 aliphatic rings. The Kier molecular flexibility index (Phi) is 4.60. The molecule has 106 valence electrons. The fourth-order valence-corrected chi connectivity index (χ4v) is 4.18. The van der Waals surface area contributed by atoms with Crippen molar-refractivity contribution in [3.63, 3.8) is 0 Å². The van der Waals surface area contributed by atoms with Crippen molar-refractivity contribution in [2.75, 3.05) is 13.1 Å². The second kappa shape index (κ2) is 6.03. The zero-order valence-corrected chi connectivity index (χ0v) is 12.1. The van der Waals surface area contributed by atoms with E-state index in [1.54, 1.807) is 4.31 Å². The van der Waals surface area contributed by atoms with Crippen molar-refractivity contribution < 1.29 is 8.42 Å². The molecule has 1 heterocycles. The van der Waals surface area contributed by atoms with Gasteiger partial charge in [0.1, 0.15) is 0 Å². The molecule has 0 bridgehead atoms. The highest BCUT2D eigenvalue weighted by Crippen LogP contribution is 2.22. The molecule has 2 N–H and O–H groups in total. The van der Waals surface area contributed by atoms with E-state index in [0.29, 0.717) is 13.1 Å². The van der Waals surface area contributed by atoms with Crippen molar-refractivity contribution in [2.45, 2.75) is 31.6 Å². The van der Waals surface area contributed by atoms with Gasteiger partial charge in [0.15, 0.2) is 0 Å². The largest absolute Gasteiger partial charge is 0.327 e. The van der Waals surface area contributed by atoms with Crippen LogP contribution in [0.25, 0.3) is 0 Å². The summed E-state index contributed by atoms with van der Waals surface area (Å²) in [5, 5.41) is 0. The van der Waals surface area contributed by atoms with Crippen molar-refractivity contribution in [3.05, 3.63) is 35.9 Å². The van der Waals surface area contributed by atoms with Crippen LogP contribution in [0, 0.1) is 5.92 Å². The summed E-state index contributed by atoms with van der Waals surface area (Å²) in [6, 6.07) is 9.46. The van der Waals surface area contributed by atoms with Crippen molar-refractivity contribution >= 4 is 10.0 Å². The predicted octanol–water partition coefficient (Wildman–Crippen LogP) is 1.58. The molecule has 0 aliphatic carbocycles. The van der Waals surface area contributed by atoms with E-state index in [-0.39, 0.29) is 17.7 Å². The Labute approximate surface area is 115 Å². The number of nitrogens with zero attached hydrogens (tertiary/aromatic N) is 1. The highest BCUT2D eigenvalue weighted by atomic mass is 32.2. The molecule has 0 spiro atoms. The van der Waals surface area contributed by atoms with Crippen molar-refractivity contribution in [1.82, 2.24) is 4.31 Å². The number of hydrogen-bond acceptors (Lipinski definition) is 3. The van der Waals surface area contributed by atoms with E-state index in [0.717, 1.165) is 18.4 Å². The topological polar surface area (TPSA) is 63.4 Å². The standard InChI is InChI=1S/C14H22N2O2S/c1-2-13-10-16(9-8-14(13)15)19(17,18)11-12-6-4-3-5-7-12/h3-7,13-14H,2,8-11,15H2,1H3. The van der Waals surface area contributed by atoms with Gasteiger partial charge < -0.3 is 5.73 Å². The minimum Gasteiger partial charge on any atom is -0.327 e. The summed E-state index contributed by atoms with van der Waals surface area (Å²) in [7, 11) is -3.23. The molecular weight excluding hydrogens is 260 g/mol. The second-order valence-electron chi connectivity index (χ2n) is 5.22. The summed E-state index contributed by atoms with van der Waals surface area (Å²) < 4.78 is 26.4. The smallest absolute Gasteiger partial charge is 0.218 e. The van der Waals surface area contributed by atoms with E-state index < -0.39 is 10.0 Å². The molecule has 0 saturated carbocycles. The van der Waals surface area contributed by atoms with E-state index in [4.69, 9.17) is 5.73 Å². The highest BCUT2D eigenvalue weighted by molar-refractivity contribution is 7.88. The number of rotatable bonds is 4. The number of nitrogens with two attached hydrogens (primary N) is 1. The highest BCUT2D eigenvalue weighted by Gasteiger charge is 2.32. The van der Waals surface area contributed by atoms with Crippen LogP contribution < -0.4 is 5.73 Å². The Morgan fingerprint density at radius 2 is 2.00 bits per heavy atom. The third-order valence-electron chi connectivity index (χ3n) is 3.87. The summed E-state index contributed by atoms with van der Waals surface area (Å²) >= 11 is 0. The van der Waals surface area contributed by atoms with Gasteiger partial charge in [-0.1, -0.05) is 43.7 Å². The lowest BCUT2D eigenvalue weighted by Crippen LogP contribution is -2.49. The first-order valence-electron chi connectivity index (χ1n) is 6.80.